The fourth-order valence-corrected chi connectivity index (χ4v) is 3.24. The van der Waals surface area contributed by atoms with Gasteiger partial charge in [-0.2, -0.15) is 5.10 Å². The van der Waals surface area contributed by atoms with Crippen molar-refractivity contribution in [1.29, 1.82) is 0 Å². The zero-order chi connectivity index (χ0) is 15.0. The zero-order valence-corrected chi connectivity index (χ0v) is 12.0. The number of amides is 3. The molecule has 7 heteroatoms. The number of rotatable bonds is 1. The maximum absolute atomic E-state index is 12.3. The van der Waals surface area contributed by atoms with Gasteiger partial charge in [-0.05, 0) is 18.3 Å². The molecule has 0 bridgehead atoms. The summed E-state index contributed by atoms with van der Waals surface area (Å²) in [5, 5.41) is 6.35. The summed E-state index contributed by atoms with van der Waals surface area (Å²) < 4.78 is 1.60. The second-order valence-corrected chi connectivity index (χ2v) is 6.02. The van der Waals surface area contributed by atoms with E-state index in [-0.39, 0.29) is 24.6 Å². The van der Waals surface area contributed by atoms with Gasteiger partial charge < -0.3 is 4.90 Å². The minimum Gasteiger partial charge on any atom is -0.339 e. The smallest absolute Gasteiger partial charge is 0.257 e. The summed E-state index contributed by atoms with van der Waals surface area (Å²) in [6, 6.07) is 0. The van der Waals surface area contributed by atoms with Gasteiger partial charge in [-0.1, -0.05) is 0 Å². The lowest BCUT2D eigenvalue weighted by Gasteiger charge is -2.42. The lowest BCUT2D eigenvalue weighted by Crippen LogP contribution is -2.50. The van der Waals surface area contributed by atoms with Crippen molar-refractivity contribution in [2.45, 2.75) is 25.7 Å². The van der Waals surface area contributed by atoms with Crippen LogP contribution in [0, 0.1) is 5.41 Å². The van der Waals surface area contributed by atoms with Crippen LogP contribution in [0.4, 0.5) is 0 Å². The van der Waals surface area contributed by atoms with Crippen LogP contribution in [-0.4, -0.2) is 45.5 Å². The number of nitrogens with zero attached hydrogens (tertiary/aromatic N) is 3. The predicted molar refractivity (Wildman–Crippen MR) is 75.3 cm³/mol. The van der Waals surface area contributed by atoms with Crippen molar-refractivity contribution >= 4 is 17.7 Å². The van der Waals surface area contributed by atoms with Crippen molar-refractivity contribution in [3.8, 4) is 0 Å². The fraction of sp³-hybridized carbons (Fsp3) is 0.571. The van der Waals surface area contributed by atoms with Gasteiger partial charge in [0.05, 0.1) is 11.8 Å². The topological polar surface area (TPSA) is 84.3 Å². The summed E-state index contributed by atoms with van der Waals surface area (Å²) >= 11 is 0. The molecule has 2 aliphatic heterocycles. The molecular weight excluding hydrogens is 272 g/mol. The number of imide groups is 1. The Morgan fingerprint density at radius 3 is 2.43 bits per heavy atom. The number of piperidine rings is 2. The average Bonchev–Trinajstić information content (AvgIpc) is 2.84. The first-order valence-electron chi connectivity index (χ1n) is 7.08. The monoisotopic (exact) mass is 292 g/mol. The van der Waals surface area contributed by atoms with E-state index in [0.717, 1.165) is 0 Å². The molecule has 3 amide bonds. The zero-order valence-electron chi connectivity index (χ0n) is 12.0. The van der Waals surface area contributed by atoms with Crippen molar-refractivity contribution in [1.82, 2.24) is 20.0 Å². The maximum Gasteiger partial charge on any atom is 0.257 e. The highest BCUT2D eigenvalue weighted by Crippen LogP contribution is 2.40. The number of carbonyl (C=O) groups excluding carboxylic acids is 3. The number of aromatic nitrogens is 2. The van der Waals surface area contributed by atoms with Gasteiger partial charge in [-0.3, -0.25) is 24.4 Å². The standard InChI is InChI=1S/C14H18N4O3.H2/c1-17-9-10(8-15-17)13(21)18-4-2-14(3-5-18)6-11(19)16-12(20)7-14;/h8-9H,2-7H2,1H3,(H,16,19,20);1H. The third-order valence-corrected chi connectivity index (χ3v) is 4.41. The molecule has 0 aliphatic carbocycles. The first-order chi connectivity index (χ1) is 9.97. The lowest BCUT2D eigenvalue weighted by molar-refractivity contribution is -0.139. The van der Waals surface area contributed by atoms with Crippen molar-refractivity contribution in [2.75, 3.05) is 13.1 Å². The summed E-state index contributed by atoms with van der Waals surface area (Å²) in [5.41, 5.74) is 0.316. The Kier molecular flexibility index (Phi) is 3.27. The Morgan fingerprint density at radius 2 is 1.90 bits per heavy atom. The van der Waals surface area contributed by atoms with Crippen LogP contribution in [0.5, 0.6) is 0 Å². The Labute approximate surface area is 123 Å². The summed E-state index contributed by atoms with van der Waals surface area (Å²) in [6.07, 6.45) is 5.41. The summed E-state index contributed by atoms with van der Waals surface area (Å²) in [7, 11) is 1.77. The third-order valence-electron chi connectivity index (χ3n) is 4.41. The molecule has 7 nitrogen and oxygen atoms in total. The third kappa shape index (κ3) is 2.68. The highest BCUT2D eigenvalue weighted by molar-refractivity contribution is 5.98. The highest BCUT2D eigenvalue weighted by atomic mass is 16.2. The van der Waals surface area contributed by atoms with Crippen LogP contribution in [0.25, 0.3) is 0 Å². The largest absolute Gasteiger partial charge is 0.339 e. The van der Waals surface area contributed by atoms with Gasteiger partial charge in [0.2, 0.25) is 11.8 Å². The van der Waals surface area contributed by atoms with Crippen LogP contribution in [-0.2, 0) is 16.6 Å². The Balaban J connectivity index is 0.00000176. The van der Waals surface area contributed by atoms with E-state index >= 15 is 0 Å². The molecule has 1 N–H and O–H groups in total. The van der Waals surface area contributed by atoms with E-state index in [1.807, 2.05) is 0 Å². The molecule has 1 spiro atoms. The summed E-state index contributed by atoms with van der Waals surface area (Å²) in [6.45, 7) is 1.16. The first-order valence-corrected chi connectivity index (χ1v) is 7.08. The van der Waals surface area contributed by atoms with Crippen molar-refractivity contribution in [2.24, 2.45) is 12.5 Å². The molecule has 1 aromatic rings. The van der Waals surface area contributed by atoms with E-state index in [4.69, 9.17) is 0 Å². The van der Waals surface area contributed by atoms with Crippen LogP contribution in [0.1, 0.15) is 37.5 Å². The van der Waals surface area contributed by atoms with Crippen molar-refractivity contribution in [3.05, 3.63) is 18.0 Å². The van der Waals surface area contributed by atoms with Crippen LogP contribution >= 0.6 is 0 Å². The molecule has 0 atom stereocenters. The summed E-state index contributed by atoms with van der Waals surface area (Å²) in [5.74, 6) is -0.430. The molecule has 2 fully saturated rings. The molecule has 0 unspecified atom stereocenters. The van der Waals surface area contributed by atoms with Crippen LogP contribution in [0.3, 0.4) is 0 Å². The average molecular weight is 292 g/mol. The van der Waals surface area contributed by atoms with Crippen molar-refractivity contribution < 1.29 is 15.8 Å². The van der Waals surface area contributed by atoms with E-state index in [1.54, 1.807) is 29.0 Å². The number of hydrogen-bond donors (Lipinski definition) is 1. The lowest BCUT2D eigenvalue weighted by atomic mass is 9.71. The quantitative estimate of drug-likeness (QED) is 0.756. The molecule has 2 saturated heterocycles. The van der Waals surface area contributed by atoms with Gasteiger partial charge in [0.15, 0.2) is 0 Å². The van der Waals surface area contributed by atoms with E-state index in [2.05, 4.69) is 10.4 Å². The molecule has 0 saturated carbocycles. The van der Waals surface area contributed by atoms with Crippen LogP contribution < -0.4 is 5.32 Å². The summed E-state index contributed by atoms with van der Waals surface area (Å²) in [4.78, 5) is 37.2. The second-order valence-electron chi connectivity index (χ2n) is 6.02. The number of likely N-dealkylation sites (tertiary alicyclic amines) is 1. The van der Waals surface area contributed by atoms with Crippen LogP contribution in [0.15, 0.2) is 12.4 Å². The number of aryl methyl sites for hydroxylation is 1. The van der Waals surface area contributed by atoms with Crippen molar-refractivity contribution in [3.63, 3.8) is 0 Å². The molecule has 0 aromatic carbocycles. The minimum absolute atomic E-state index is 0. The van der Waals surface area contributed by atoms with E-state index in [1.165, 1.54) is 0 Å². The van der Waals surface area contributed by atoms with Gasteiger partial charge in [0.1, 0.15) is 0 Å². The Hall–Kier alpha value is -2.18. The normalized spacial score (nSPS) is 21.5. The van der Waals surface area contributed by atoms with Gasteiger partial charge in [0, 0.05) is 40.6 Å². The molecule has 2 aliphatic rings. The van der Waals surface area contributed by atoms with Gasteiger partial charge >= 0.3 is 0 Å². The van der Waals surface area contributed by atoms with E-state index in [0.29, 0.717) is 44.3 Å². The molecule has 114 valence electrons. The molecule has 0 radical (unpaired) electrons. The Morgan fingerprint density at radius 1 is 1.29 bits per heavy atom. The highest BCUT2D eigenvalue weighted by Gasteiger charge is 2.42. The van der Waals surface area contributed by atoms with E-state index < -0.39 is 0 Å². The van der Waals surface area contributed by atoms with Crippen LogP contribution in [0.2, 0.25) is 0 Å². The molecule has 1 aromatic heterocycles. The molecular formula is C14H20N4O3. The SMILES string of the molecule is Cn1cc(C(=O)N2CCC3(CC2)CC(=O)NC(=O)C3)cn1.[HH]. The number of nitrogens with one attached hydrogen (secondary N) is 1. The minimum atomic E-state index is -0.259. The predicted octanol–water partition coefficient (Wildman–Crippen LogP) is 0.325. The maximum atomic E-state index is 12.3. The van der Waals surface area contributed by atoms with Gasteiger partial charge in [-0.25, -0.2) is 0 Å². The van der Waals surface area contributed by atoms with E-state index in [9.17, 15) is 14.4 Å². The molecule has 3 heterocycles. The first kappa shape index (κ1) is 13.8. The van der Waals surface area contributed by atoms with Gasteiger partial charge in [0.25, 0.3) is 5.91 Å². The number of hydrogen-bond acceptors (Lipinski definition) is 4. The molecule has 3 rings (SSSR count). The second kappa shape index (κ2) is 4.98. The number of carbonyl (C=O) groups is 3. The molecule has 21 heavy (non-hydrogen) atoms. The fourth-order valence-electron chi connectivity index (χ4n) is 3.24. The van der Waals surface area contributed by atoms with Gasteiger partial charge in [-0.15, -0.1) is 0 Å². The Bertz CT molecular complexity index is 587.